The third-order valence-electron chi connectivity index (χ3n) is 2.34. The van der Waals surface area contributed by atoms with Crippen LogP contribution in [0.4, 0.5) is 0 Å². The molecule has 4 heteroatoms. The van der Waals surface area contributed by atoms with E-state index in [2.05, 4.69) is 4.98 Å². The zero-order valence-electron chi connectivity index (χ0n) is 9.08. The van der Waals surface area contributed by atoms with Gasteiger partial charge in [-0.15, -0.1) is 0 Å². The minimum absolute atomic E-state index is 0.260. The Bertz CT molecular complexity index is 561. The summed E-state index contributed by atoms with van der Waals surface area (Å²) in [5, 5.41) is 0.677. The van der Waals surface area contributed by atoms with Crippen LogP contribution in [0.15, 0.2) is 36.5 Å². The van der Waals surface area contributed by atoms with Gasteiger partial charge < -0.3 is 0 Å². The van der Waals surface area contributed by atoms with E-state index in [0.717, 1.165) is 5.56 Å². The van der Waals surface area contributed by atoms with Gasteiger partial charge in [0.25, 0.3) is 0 Å². The lowest BCUT2D eigenvalue weighted by Crippen LogP contribution is -2.05. The van der Waals surface area contributed by atoms with E-state index in [0.29, 0.717) is 21.3 Å². The van der Waals surface area contributed by atoms with Crippen molar-refractivity contribution in [1.82, 2.24) is 4.98 Å². The van der Waals surface area contributed by atoms with Crippen LogP contribution in [0.25, 0.3) is 0 Å². The van der Waals surface area contributed by atoms with E-state index in [1.165, 1.54) is 0 Å². The van der Waals surface area contributed by atoms with Crippen LogP contribution in [-0.4, -0.2) is 10.8 Å². The summed E-state index contributed by atoms with van der Waals surface area (Å²) >= 11 is 12.0. The third kappa shape index (κ3) is 2.48. The molecular formula is C13H9Cl2NO. The number of carbonyl (C=O) groups excluding carboxylic acids is 1. The second kappa shape index (κ2) is 4.86. The van der Waals surface area contributed by atoms with E-state index in [9.17, 15) is 4.79 Å². The number of halogens is 2. The van der Waals surface area contributed by atoms with Crippen molar-refractivity contribution < 1.29 is 4.79 Å². The van der Waals surface area contributed by atoms with Crippen LogP contribution in [-0.2, 0) is 0 Å². The molecule has 2 nitrogen and oxygen atoms in total. The van der Waals surface area contributed by atoms with Crippen molar-refractivity contribution >= 4 is 29.0 Å². The highest BCUT2D eigenvalue weighted by Crippen LogP contribution is 2.26. The van der Waals surface area contributed by atoms with Gasteiger partial charge in [0.1, 0.15) is 5.69 Å². The van der Waals surface area contributed by atoms with Gasteiger partial charge in [0.2, 0.25) is 5.78 Å². The van der Waals surface area contributed by atoms with Crippen molar-refractivity contribution in [3.8, 4) is 0 Å². The lowest BCUT2D eigenvalue weighted by atomic mass is 10.1. The van der Waals surface area contributed by atoms with E-state index >= 15 is 0 Å². The van der Waals surface area contributed by atoms with Crippen LogP contribution >= 0.6 is 23.2 Å². The molecule has 0 atom stereocenters. The molecule has 1 aromatic carbocycles. The lowest BCUT2D eigenvalue weighted by Gasteiger charge is -2.05. The van der Waals surface area contributed by atoms with Crippen LogP contribution in [0.5, 0.6) is 0 Å². The minimum Gasteiger partial charge on any atom is -0.287 e. The van der Waals surface area contributed by atoms with Gasteiger partial charge >= 0.3 is 0 Å². The SMILES string of the molecule is Cc1ccnc(C(=O)c2c(Cl)cccc2Cl)c1. The van der Waals surface area contributed by atoms with E-state index in [-0.39, 0.29) is 5.78 Å². The largest absolute Gasteiger partial charge is 0.287 e. The third-order valence-corrected chi connectivity index (χ3v) is 2.97. The van der Waals surface area contributed by atoms with Gasteiger partial charge in [0, 0.05) is 6.20 Å². The van der Waals surface area contributed by atoms with E-state index < -0.39 is 0 Å². The number of hydrogen-bond donors (Lipinski definition) is 0. The highest BCUT2D eigenvalue weighted by Gasteiger charge is 2.17. The van der Waals surface area contributed by atoms with Gasteiger partial charge in [0.05, 0.1) is 15.6 Å². The molecule has 0 aliphatic rings. The van der Waals surface area contributed by atoms with Crippen LogP contribution in [0.2, 0.25) is 10.0 Å². The normalized spacial score (nSPS) is 10.3. The van der Waals surface area contributed by atoms with Gasteiger partial charge in [0.15, 0.2) is 0 Å². The second-order valence-corrected chi connectivity index (χ2v) is 4.46. The summed E-state index contributed by atoms with van der Waals surface area (Å²) in [5.41, 5.74) is 1.61. The number of benzene rings is 1. The molecule has 1 aromatic heterocycles. The molecule has 17 heavy (non-hydrogen) atoms. The number of pyridine rings is 1. The zero-order valence-corrected chi connectivity index (χ0v) is 10.6. The first kappa shape index (κ1) is 12.1. The standard InChI is InChI=1S/C13H9Cl2NO/c1-8-5-6-16-11(7-8)13(17)12-9(14)3-2-4-10(12)15/h2-7H,1H3. The average Bonchev–Trinajstić information content (AvgIpc) is 2.28. The van der Waals surface area contributed by atoms with Crippen molar-refractivity contribution in [2.75, 3.05) is 0 Å². The summed E-state index contributed by atoms with van der Waals surface area (Å²) < 4.78 is 0. The Kier molecular flexibility index (Phi) is 3.46. The molecule has 0 fully saturated rings. The summed E-state index contributed by atoms with van der Waals surface area (Å²) in [6.07, 6.45) is 1.59. The van der Waals surface area contributed by atoms with Crippen LogP contribution in [0, 0.1) is 6.92 Å². The Morgan fingerprint density at radius 3 is 2.41 bits per heavy atom. The number of hydrogen-bond acceptors (Lipinski definition) is 2. The summed E-state index contributed by atoms with van der Waals surface area (Å²) in [5.74, 6) is -0.260. The zero-order chi connectivity index (χ0) is 12.4. The van der Waals surface area contributed by atoms with Crippen molar-refractivity contribution in [3.05, 3.63) is 63.4 Å². The Morgan fingerprint density at radius 1 is 1.18 bits per heavy atom. The molecule has 86 valence electrons. The van der Waals surface area contributed by atoms with Crippen molar-refractivity contribution in [1.29, 1.82) is 0 Å². The summed E-state index contributed by atoms with van der Waals surface area (Å²) in [4.78, 5) is 16.2. The van der Waals surface area contributed by atoms with Gasteiger partial charge in [-0.3, -0.25) is 9.78 Å². The molecule has 0 saturated carbocycles. The Labute approximate surface area is 109 Å². The van der Waals surface area contributed by atoms with Crippen LogP contribution in [0.1, 0.15) is 21.6 Å². The summed E-state index contributed by atoms with van der Waals surface area (Å²) in [7, 11) is 0. The van der Waals surface area contributed by atoms with E-state index in [1.54, 1.807) is 30.5 Å². The molecule has 0 spiro atoms. The maximum absolute atomic E-state index is 12.2. The molecule has 2 aromatic rings. The number of ketones is 1. The molecule has 0 amide bonds. The fourth-order valence-electron chi connectivity index (χ4n) is 1.50. The highest BCUT2D eigenvalue weighted by atomic mass is 35.5. The Morgan fingerprint density at radius 2 is 1.82 bits per heavy atom. The Balaban J connectivity index is 2.51. The van der Waals surface area contributed by atoms with Crippen molar-refractivity contribution in [3.63, 3.8) is 0 Å². The summed E-state index contributed by atoms with van der Waals surface area (Å²) in [6, 6.07) is 8.50. The van der Waals surface area contributed by atoms with Gasteiger partial charge in [-0.1, -0.05) is 29.3 Å². The molecule has 0 radical (unpaired) electrons. The maximum atomic E-state index is 12.2. The van der Waals surface area contributed by atoms with E-state index in [1.807, 2.05) is 13.0 Å². The molecule has 0 unspecified atom stereocenters. The molecular weight excluding hydrogens is 257 g/mol. The topological polar surface area (TPSA) is 30.0 Å². The molecule has 1 heterocycles. The maximum Gasteiger partial charge on any atom is 0.214 e. The van der Waals surface area contributed by atoms with Gasteiger partial charge in [-0.25, -0.2) is 0 Å². The number of aryl methyl sites for hydroxylation is 1. The van der Waals surface area contributed by atoms with Crippen LogP contribution in [0.3, 0.4) is 0 Å². The van der Waals surface area contributed by atoms with Gasteiger partial charge in [-0.05, 0) is 36.8 Å². The second-order valence-electron chi connectivity index (χ2n) is 3.64. The molecule has 0 aliphatic carbocycles. The summed E-state index contributed by atoms with van der Waals surface area (Å²) in [6.45, 7) is 1.90. The van der Waals surface area contributed by atoms with E-state index in [4.69, 9.17) is 23.2 Å². The molecule has 2 rings (SSSR count). The molecule has 0 N–H and O–H groups in total. The van der Waals surface area contributed by atoms with Gasteiger partial charge in [-0.2, -0.15) is 0 Å². The van der Waals surface area contributed by atoms with Crippen LogP contribution < -0.4 is 0 Å². The number of carbonyl (C=O) groups is 1. The average molecular weight is 266 g/mol. The number of rotatable bonds is 2. The minimum atomic E-state index is -0.260. The predicted molar refractivity (Wildman–Crippen MR) is 68.9 cm³/mol. The lowest BCUT2D eigenvalue weighted by molar-refractivity contribution is 0.103. The molecule has 0 bridgehead atoms. The fraction of sp³-hybridized carbons (Fsp3) is 0.0769. The van der Waals surface area contributed by atoms with Crippen molar-refractivity contribution in [2.24, 2.45) is 0 Å². The highest BCUT2D eigenvalue weighted by molar-refractivity contribution is 6.40. The first-order chi connectivity index (χ1) is 8.09. The fourth-order valence-corrected chi connectivity index (χ4v) is 2.07. The molecule has 0 saturated heterocycles. The Hall–Kier alpha value is -1.38. The quantitative estimate of drug-likeness (QED) is 0.771. The van der Waals surface area contributed by atoms with Crippen molar-refractivity contribution in [2.45, 2.75) is 6.92 Å². The predicted octanol–water partition coefficient (Wildman–Crippen LogP) is 3.93. The molecule has 0 aliphatic heterocycles. The first-order valence-electron chi connectivity index (χ1n) is 5.01. The number of aromatic nitrogens is 1. The number of nitrogens with zero attached hydrogens (tertiary/aromatic N) is 1. The first-order valence-corrected chi connectivity index (χ1v) is 5.76. The smallest absolute Gasteiger partial charge is 0.214 e. The monoisotopic (exact) mass is 265 g/mol.